The molecule has 0 atom stereocenters. The van der Waals surface area contributed by atoms with Crippen LogP contribution in [0.4, 0.5) is 0 Å². The van der Waals surface area contributed by atoms with E-state index in [0.29, 0.717) is 11.5 Å². The van der Waals surface area contributed by atoms with Crippen LogP contribution in [0.3, 0.4) is 0 Å². The molecule has 0 bridgehead atoms. The molecule has 2 rings (SSSR count). The molecule has 1 aromatic carbocycles. The Morgan fingerprint density at radius 2 is 2.06 bits per heavy atom. The van der Waals surface area contributed by atoms with E-state index in [9.17, 15) is 0 Å². The van der Waals surface area contributed by atoms with E-state index < -0.39 is 0 Å². The average Bonchev–Trinajstić information content (AvgIpc) is 2.39. The van der Waals surface area contributed by atoms with Crippen LogP contribution in [0.25, 0.3) is 0 Å². The number of benzene rings is 1. The van der Waals surface area contributed by atoms with E-state index in [1.54, 1.807) is 6.07 Å². The topological polar surface area (TPSA) is 33.0 Å². The van der Waals surface area contributed by atoms with Gasteiger partial charge in [0.25, 0.3) is 0 Å². The molecule has 0 unspecified atom stereocenters. The monoisotopic (exact) mass is 293 g/mol. The highest BCUT2D eigenvalue weighted by Gasteiger charge is 2.14. The molecule has 1 aliphatic rings. The van der Waals surface area contributed by atoms with Gasteiger partial charge in [-0.05, 0) is 52.9 Å². The van der Waals surface area contributed by atoms with E-state index >= 15 is 0 Å². The van der Waals surface area contributed by atoms with Crippen LogP contribution in [-0.2, 0) is 0 Å². The molecular weight excluding hydrogens is 278 g/mol. The van der Waals surface area contributed by atoms with Crippen molar-refractivity contribution >= 4 is 15.9 Å². The molecule has 0 spiro atoms. The summed E-state index contributed by atoms with van der Waals surface area (Å²) in [7, 11) is 0. The molecule has 3 heteroatoms. The molecule has 2 nitrogen and oxygen atoms in total. The van der Waals surface area contributed by atoms with Gasteiger partial charge < -0.3 is 4.74 Å². The molecule has 0 heterocycles. The third-order valence-corrected chi connectivity index (χ3v) is 3.96. The lowest BCUT2D eigenvalue weighted by Crippen LogP contribution is -2.15. The summed E-state index contributed by atoms with van der Waals surface area (Å²) >= 11 is 3.34. The highest BCUT2D eigenvalue weighted by molar-refractivity contribution is 9.10. The number of ether oxygens (including phenoxy) is 1. The lowest BCUT2D eigenvalue weighted by atomic mass is 9.90. The van der Waals surface area contributed by atoms with Gasteiger partial charge in [0, 0.05) is 4.47 Å². The first-order valence-electron chi connectivity index (χ1n) is 6.12. The van der Waals surface area contributed by atoms with E-state index in [1.807, 2.05) is 12.1 Å². The number of rotatable bonds is 3. The molecule has 0 aliphatic heterocycles. The first kappa shape index (κ1) is 12.4. The minimum Gasteiger partial charge on any atom is -0.493 e. The fourth-order valence-electron chi connectivity index (χ4n) is 2.25. The number of hydrogen-bond donors (Lipinski definition) is 0. The zero-order valence-electron chi connectivity index (χ0n) is 9.79. The summed E-state index contributed by atoms with van der Waals surface area (Å²) in [6, 6.07) is 7.73. The Labute approximate surface area is 111 Å². The van der Waals surface area contributed by atoms with Gasteiger partial charge in [-0.25, -0.2) is 0 Å². The fraction of sp³-hybridized carbons (Fsp3) is 0.500. The van der Waals surface area contributed by atoms with Gasteiger partial charge >= 0.3 is 0 Å². The Kier molecular flexibility index (Phi) is 4.44. The van der Waals surface area contributed by atoms with Crippen LogP contribution >= 0.6 is 15.9 Å². The molecule has 90 valence electrons. The first-order chi connectivity index (χ1) is 8.29. The van der Waals surface area contributed by atoms with E-state index in [4.69, 9.17) is 10.00 Å². The molecule has 0 N–H and O–H groups in total. The molecule has 1 saturated carbocycles. The Morgan fingerprint density at radius 1 is 1.29 bits per heavy atom. The third kappa shape index (κ3) is 3.47. The predicted octanol–water partition coefficient (Wildman–Crippen LogP) is 4.28. The molecule has 1 aromatic rings. The summed E-state index contributed by atoms with van der Waals surface area (Å²) in [6.07, 6.45) is 6.59. The molecule has 0 aromatic heterocycles. The molecule has 1 aliphatic carbocycles. The smallest absolute Gasteiger partial charge is 0.120 e. The summed E-state index contributed by atoms with van der Waals surface area (Å²) in [4.78, 5) is 0. The summed E-state index contributed by atoms with van der Waals surface area (Å²) in [6.45, 7) is 0.784. The maximum atomic E-state index is 8.92. The van der Waals surface area contributed by atoms with Crippen LogP contribution in [-0.4, -0.2) is 6.61 Å². The zero-order chi connectivity index (χ0) is 12.1. The third-order valence-electron chi connectivity index (χ3n) is 3.27. The number of nitriles is 1. The Bertz CT molecular complexity index is 419. The van der Waals surface area contributed by atoms with Crippen LogP contribution in [0.2, 0.25) is 0 Å². The van der Waals surface area contributed by atoms with Crippen LogP contribution < -0.4 is 4.74 Å². The van der Waals surface area contributed by atoms with Gasteiger partial charge in [-0.15, -0.1) is 0 Å². The summed E-state index contributed by atoms with van der Waals surface area (Å²) in [5.74, 6) is 1.49. The minimum absolute atomic E-state index is 0.631. The van der Waals surface area contributed by atoms with Gasteiger partial charge in [-0.2, -0.15) is 5.26 Å². The Morgan fingerprint density at radius 3 is 2.76 bits per heavy atom. The largest absolute Gasteiger partial charge is 0.493 e. The molecule has 1 fully saturated rings. The van der Waals surface area contributed by atoms with Gasteiger partial charge in [0.05, 0.1) is 12.2 Å². The normalized spacial score (nSPS) is 16.5. The summed E-state index contributed by atoms with van der Waals surface area (Å²) < 4.78 is 6.60. The van der Waals surface area contributed by atoms with Crippen LogP contribution in [0, 0.1) is 17.2 Å². The summed E-state index contributed by atoms with van der Waals surface area (Å²) in [5.41, 5.74) is 0.631. The Hall–Kier alpha value is -1.01. The van der Waals surface area contributed by atoms with Crippen molar-refractivity contribution in [2.75, 3.05) is 6.61 Å². The maximum absolute atomic E-state index is 8.92. The van der Waals surface area contributed by atoms with Gasteiger partial charge in [0.2, 0.25) is 0 Å². The van der Waals surface area contributed by atoms with E-state index in [-0.39, 0.29) is 0 Å². The van der Waals surface area contributed by atoms with Crippen molar-refractivity contribution in [1.82, 2.24) is 0 Å². The van der Waals surface area contributed by atoms with Crippen molar-refractivity contribution in [3.63, 3.8) is 0 Å². The average molecular weight is 294 g/mol. The molecule has 0 saturated heterocycles. The lowest BCUT2D eigenvalue weighted by Gasteiger charge is -2.21. The first-order valence-corrected chi connectivity index (χ1v) is 6.91. The predicted molar refractivity (Wildman–Crippen MR) is 70.9 cm³/mol. The zero-order valence-corrected chi connectivity index (χ0v) is 11.4. The van der Waals surface area contributed by atoms with Crippen molar-refractivity contribution in [2.45, 2.75) is 32.1 Å². The minimum atomic E-state index is 0.631. The second-order valence-corrected chi connectivity index (χ2v) is 5.42. The molecule has 0 amide bonds. The highest BCUT2D eigenvalue weighted by Crippen LogP contribution is 2.26. The van der Waals surface area contributed by atoms with Crippen molar-refractivity contribution in [3.8, 4) is 11.8 Å². The fourth-order valence-corrected chi connectivity index (χ4v) is 2.58. The van der Waals surface area contributed by atoms with Crippen molar-refractivity contribution in [2.24, 2.45) is 5.92 Å². The van der Waals surface area contributed by atoms with Crippen molar-refractivity contribution in [1.29, 1.82) is 5.26 Å². The van der Waals surface area contributed by atoms with Gasteiger partial charge in [0.1, 0.15) is 11.8 Å². The quantitative estimate of drug-likeness (QED) is 0.833. The van der Waals surface area contributed by atoms with Crippen molar-refractivity contribution in [3.05, 3.63) is 28.2 Å². The van der Waals surface area contributed by atoms with Gasteiger partial charge in [-0.1, -0.05) is 19.3 Å². The second kappa shape index (κ2) is 6.07. The molecular formula is C14H16BrNO. The molecule has 17 heavy (non-hydrogen) atoms. The number of hydrogen-bond acceptors (Lipinski definition) is 2. The van der Waals surface area contributed by atoms with Crippen molar-refractivity contribution < 1.29 is 4.74 Å². The van der Waals surface area contributed by atoms with E-state index in [0.717, 1.165) is 16.8 Å². The standard InChI is InChI=1S/C14H16BrNO/c15-14-7-6-13(8-12(14)9-16)17-10-11-4-2-1-3-5-11/h6-8,11H,1-5,10H2. The SMILES string of the molecule is N#Cc1cc(OCC2CCCCC2)ccc1Br. The summed E-state index contributed by atoms with van der Waals surface area (Å²) in [5, 5.41) is 8.92. The van der Waals surface area contributed by atoms with E-state index in [1.165, 1.54) is 32.1 Å². The van der Waals surface area contributed by atoms with Crippen LogP contribution in [0.15, 0.2) is 22.7 Å². The molecule has 0 radical (unpaired) electrons. The highest BCUT2D eigenvalue weighted by atomic mass is 79.9. The maximum Gasteiger partial charge on any atom is 0.120 e. The number of nitrogens with zero attached hydrogens (tertiary/aromatic N) is 1. The van der Waals surface area contributed by atoms with Gasteiger partial charge in [0.15, 0.2) is 0 Å². The number of halogens is 1. The lowest BCUT2D eigenvalue weighted by molar-refractivity contribution is 0.209. The van der Waals surface area contributed by atoms with Crippen LogP contribution in [0.5, 0.6) is 5.75 Å². The van der Waals surface area contributed by atoms with Gasteiger partial charge in [-0.3, -0.25) is 0 Å². The Balaban J connectivity index is 1.92. The van der Waals surface area contributed by atoms with Crippen LogP contribution in [0.1, 0.15) is 37.7 Å². The van der Waals surface area contributed by atoms with E-state index in [2.05, 4.69) is 22.0 Å². The second-order valence-electron chi connectivity index (χ2n) is 4.57.